The molecule has 2 rings (SSSR count). The SMILES string of the molecule is C=C(CC)N(C)C(=O)c1cc(-c2ccnc(NC(C)=O)c2)cnc1NC. The molecule has 0 aromatic carbocycles. The van der Waals surface area contributed by atoms with Gasteiger partial charge in [-0.3, -0.25) is 9.59 Å². The number of nitrogens with zero attached hydrogens (tertiary/aromatic N) is 3. The summed E-state index contributed by atoms with van der Waals surface area (Å²) < 4.78 is 0. The van der Waals surface area contributed by atoms with Crippen LogP contribution in [0.15, 0.2) is 42.9 Å². The molecule has 0 aliphatic carbocycles. The van der Waals surface area contributed by atoms with Crippen LogP contribution in [-0.4, -0.2) is 40.8 Å². The first-order valence-electron chi connectivity index (χ1n) is 8.25. The van der Waals surface area contributed by atoms with Gasteiger partial charge in [-0.25, -0.2) is 9.97 Å². The third-order valence-corrected chi connectivity index (χ3v) is 3.94. The molecule has 0 aliphatic rings. The fraction of sp³-hybridized carbons (Fsp3) is 0.263. The summed E-state index contributed by atoms with van der Waals surface area (Å²) in [6.45, 7) is 7.28. The topological polar surface area (TPSA) is 87.2 Å². The number of aromatic nitrogens is 2. The first-order chi connectivity index (χ1) is 12.4. The highest BCUT2D eigenvalue weighted by Crippen LogP contribution is 2.26. The quantitative estimate of drug-likeness (QED) is 0.833. The van der Waals surface area contributed by atoms with Gasteiger partial charge in [-0.1, -0.05) is 13.5 Å². The molecular formula is C19H23N5O2. The van der Waals surface area contributed by atoms with E-state index in [1.165, 1.54) is 11.8 Å². The van der Waals surface area contributed by atoms with Crippen LogP contribution >= 0.6 is 0 Å². The summed E-state index contributed by atoms with van der Waals surface area (Å²) in [6.07, 6.45) is 3.94. The third kappa shape index (κ3) is 4.24. The molecule has 0 aliphatic heterocycles. The van der Waals surface area contributed by atoms with Gasteiger partial charge in [0.1, 0.15) is 11.6 Å². The molecule has 0 saturated heterocycles. The third-order valence-electron chi connectivity index (χ3n) is 3.94. The summed E-state index contributed by atoms with van der Waals surface area (Å²) in [5.41, 5.74) is 2.71. The van der Waals surface area contributed by atoms with Crippen molar-refractivity contribution in [2.75, 3.05) is 24.7 Å². The summed E-state index contributed by atoms with van der Waals surface area (Å²) in [4.78, 5) is 34.1. The smallest absolute Gasteiger partial charge is 0.261 e. The van der Waals surface area contributed by atoms with Gasteiger partial charge < -0.3 is 15.5 Å². The number of nitrogens with one attached hydrogen (secondary N) is 2. The molecule has 2 N–H and O–H groups in total. The van der Waals surface area contributed by atoms with Gasteiger partial charge in [0, 0.05) is 44.7 Å². The van der Waals surface area contributed by atoms with Gasteiger partial charge in [-0.15, -0.1) is 0 Å². The second-order valence-electron chi connectivity index (χ2n) is 5.77. The van der Waals surface area contributed by atoms with Crippen LogP contribution in [0.4, 0.5) is 11.6 Å². The number of rotatable bonds is 6. The molecule has 2 aromatic rings. The van der Waals surface area contributed by atoms with Crippen LogP contribution in [0.25, 0.3) is 11.1 Å². The summed E-state index contributed by atoms with van der Waals surface area (Å²) in [6, 6.07) is 5.30. The Balaban J connectivity index is 2.45. The van der Waals surface area contributed by atoms with Gasteiger partial charge in [-0.2, -0.15) is 0 Å². The Morgan fingerprint density at radius 2 is 1.96 bits per heavy atom. The van der Waals surface area contributed by atoms with Crippen molar-refractivity contribution in [2.45, 2.75) is 20.3 Å². The number of carbonyl (C=O) groups excluding carboxylic acids is 2. The maximum atomic E-state index is 12.8. The number of allylic oxidation sites excluding steroid dienone is 1. The van der Waals surface area contributed by atoms with Crippen LogP contribution < -0.4 is 10.6 Å². The average Bonchev–Trinajstić information content (AvgIpc) is 2.65. The molecule has 7 nitrogen and oxygen atoms in total. The Labute approximate surface area is 153 Å². The van der Waals surface area contributed by atoms with E-state index in [4.69, 9.17) is 0 Å². The van der Waals surface area contributed by atoms with Crippen LogP contribution in [0.1, 0.15) is 30.6 Å². The highest BCUT2D eigenvalue weighted by atomic mass is 16.2. The molecule has 0 atom stereocenters. The van der Waals surface area contributed by atoms with Crippen molar-refractivity contribution in [2.24, 2.45) is 0 Å². The van der Waals surface area contributed by atoms with E-state index in [0.29, 0.717) is 23.6 Å². The summed E-state index contributed by atoms with van der Waals surface area (Å²) >= 11 is 0. The van der Waals surface area contributed by atoms with E-state index < -0.39 is 0 Å². The summed E-state index contributed by atoms with van der Waals surface area (Å²) in [5, 5.41) is 5.59. The molecule has 7 heteroatoms. The Kier molecular flexibility index (Phi) is 6.06. The molecular weight excluding hydrogens is 330 g/mol. The van der Waals surface area contributed by atoms with Crippen LogP contribution in [0.3, 0.4) is 0 Å². The number of hydrogen-bond acceptors (Lipinski definition) is 5. The van der Waals surface area contributed by atoms with Gasteiger partial charge >= 0.3 is 0 Å². The average molecular weight is 353 g/mol. The minimum absolute atomic E-state index is 0.188. The van der Waals surface area contributed by atoms with Crippen molar-refractivity contribution in [3.63, 3.8) is 0 Å². The van der Waals surface area contributed by atoms with Crippen LogP contribution in [0, 0.1) is 0 Å². The molecule has 0 radical (unpaired) electrons. The number of hydrogen-bond donors (Lipinski definition) is 2. The van der Waals surface area contributed by atoms with Crippen molar-refractivity contribution in [1.29, 1.82) is 0 Å². The largest absolute Gasteiger partial charge is 0.372 e. The summed E-state index contributed by atoms with van der Waals surface area (Å²) in [7, 11) is 3.41. The second-order valence-corrected chi connectivity index (χ2v) is 5.77. The maximum absolute atomic E-state index is 12.8. The lowest BCUT2D eigenvalue weighted by molar-refractivity contribution is -0.114. The molecule has 2 aromatic heterocycles. The van der Waals surface area contributed by atoms with Gasteiger partial charge in [0.05, 0.1) is 5.56 Å². The van der Waals surface area contributed by atoms with E-state index in [-0.39, 0.29) is 11.8 Å². The van der Waals surface area contributed by atoms with Crippen LogP contribution in [0.5, 0.6) is 0 Å². The molecule has 0 bridgehead atoms. The minimum Gasteiger partial charge on any atom is -0.372 e. The van der Waals surface area contributed by atoms with Crippen molar-refractivity contribution >= 4 is 23.5 Å². The predicted molar refractivity (Wildman–Crippen MR) is 103 cm³/mol. The van der Waals surface area contributed by atoms with Gasteiger partial charge in [0.15, 0.2) is 0 Å². The zero-order chi connectivity index (χ0) is 19.3. The Bertz CT molecular complexity index is 848. The van der Waals surface area contributed by atoms with Crippen molar-refractivity contribution in [3.05, 3.63) is 48.4 Å². The lowest BCUT2D eigenvalue weighted by atomic mass is 10.1. The zero-order valence-corrected chi connectivity index (χ0v) is 15.5. The first-order valence-corrected chi connectivity index (χ1v) is 8.25. The standard InChI is InChI=1S/C19H23N5O2/c1-6-12(2)24(5)19(26)16-9-15(11-22-18(16)20-4)14-7-8-21-17(10-14)23-13(3)25/h7-11H,2,6H2,1,3-5H3,(H,20,22)(H,21,23,25). The van der Waals surface area contributed by atoms with E-state index in [9.17, 15) is 9.59 Å². The Morgan fingerprint density at radius 3 is 2.58 bits per heavy atom. The number of pyridine rings is 2. The fourth-order valence-electron chi connectivity index (χ4n) is 2.41. The Morgan fingerprint density at radius 1 is 1.23 bits per heavy atom. The van der Waals surface area contributed by atoms with E-state index in [0.717, 1.165) is 16.8 Å². The molecule has 0 fully saturated rings. The Hall–Kier alpha value is -3.22. The monoisotopic (exact) mass is 353 g/mol. The molecule has 0 unspecified atom stereocenters. The number of amides is 2. The van der Waals surface area contributed by atoms with Gasteiger partial charge in [0.25, 0.3) is 5.91 Å². The fourth-order valence-corrected chi connectivity index (χ4v) is 2.41. The van der Waals surface area contributed by atoms with Gasteiger partial charge in [-0.05, 0) is 30.2 Å². The normalized spacial score (nSPS) is 10.2. The van der Waals surface area contributed by atoms with Crippen LogP contribution in [0.2, 0.25) is 0 Å². The molecule has 26 heavy (non-hydrogen) atoms. The van der Waals surface area contributed by atoms with Gasteiger partial charge in [0.2, 0.25) is 5.91 Å². The second kappa shape index (κ2) is 8.24. The van der Waals surface area contributed by atoms with E-state index >= 15 is 0 Å². The lowest BCUT2D eigenvalue weighted by Gasteiger charge is -2.20. The predicted octanol–water partition coefficient (Wildman–Crippen LogP) is 3.14. The first kappa shape index (κ1) is 19.1. The highest BCUT2D eigenvalue weighted by molar-refractivity contribution is 6.00. The van der Waals surface area contributed by atoms with Crippen molar-refractivity contribution in [3.8, 4) is 11.1 Å². The molecule has 136 valence electrons. The van der Waals surface area contributed by atoms with E-state index in [2.05, 4.69) is 27.2 Å². The molecule has 0 saturated carbocycles. The van der Waals surface area contributed by atoms with E-state index in [1.807, 2.05) is 6.92 Å². The maximum Gasteiger partial charge on any atom is 0.261 e. The molecule has 0 spiro atoms. The number of carbonyl (C=O) groups is 2. The van der Waals surface area contributed by atoms with Crippen molar-refractivity contribution in [1.82, 2.24) is 14.9 Å². The molecule has 2 heterocycles. The van der Waals surface area contributed by atoms with Crippen LogP contribution in [-0.2, 0) is 4.79 Å². The highest BCUT2D eigenvalue weighted by Gasteiger charge is 2.19. The number of anilines is 2. The zero-order valence-electron chi connectivity index (χ0n) is 15.5. The minimum atomic E-state index is -0.200. The van der Waals surface area contributed by atoms with Crippen molar-refractivity contribution < 1.29 is 9.59 Å². The lowest BCUT2D eigenvalue weighted by Crippen LogP contribution is -2.26. The molecule has 2 amide bonds. The summed E-state index contributed by atoms with van der Waals surface area (Å²) in [5.74, 6) is 0.545. The van der Waals surface area contributed by atoms with E-state index in [1.54, 1.807) is 44.7 Å².